The van der Waals surface area contributed by atoms with E-state index in [0.29, 0.717) is 12.8 Å². The molecule has 0 unspecified atom stereocenters. The van der Waals surface area contributed by atoms with Gasteiger partial charge in [0.25, 0.3) is 0 Å². The van der Waals surface area contributed by atoms with Crippen LogP contribution >= 0.6 is 0 Å². The molecule has 1 aromatic carbocycles. The van der Waals surface area contributed by atoms with Crippen LogP contribution in [0.2, 0.25) is 0 Å². The first-order chi connectivity index (χ1) is 10.2. The molecule has 5 nitrogen and oxygen atoms in total. The van der Waals surface area contributed by atoms with Crippen LogP contribution in [0.5, 0.6) is 0 Å². The molecule has 1 aliphatic carbocycles. The standard InChI is InChI=1S/C16H24N2O3/c19-11-14(13-7-3-1-4-8-13)18-15(21)16(17-12-20)9-5-2-6-10-16/h1,3-4,7-8,14,17,19-20H,2,5-6,9-12H2,(H,18,21)/t14-/m1/s1. The van der Waals surface area contributed by atoms with E-state index in [1.807, 2.05) is 30.3 Å². The second kappa shape index (κ2) is 7.54. The van der Waals surface area contributed by atoms with Crippen molar-refractivity contribution in [2.45, 2.75) is 43.7 Å². The minimum absolute atomic E-state index is 0.140. The fraction of sp³-hybridized carbons (Fsp3) is 0.562. The Morgan fingerprint density at radius 3 is 2.38 bits per heavy atom. The van der Waals surface area contributed by atoms with Crippen LogP contribution in [0, 0.1) is 0 Å². The second-order valence-corrected chi connectivity index (χ2v) is 5.60. The largest absolute Gasteiger partial charge is 0.394 e. The zero-order valence-electron chi connectivity index (χ0n) is 12.2. The predicted octanol–water partition coefficient (Wildman–Crippen LogP) is 1.08. The monoisotopic (exact) mass is 292 g/mol. The first kappa shape index (κ1) is 15.9. The Hall–Kier alpha value is -1.43. The second-order valence-electron chi connectivity index (χ2n) is 5.60. The smallest absolute Gasteiger partial charge is 0.240 e. The van der Waals surface area contributed by atoms with Gasteiger partial charge in [0.15, 0.2) is 0 Å². The average Bonchev–Trinajstić information content (AvgIpc) is 2.54. The van der Waals surface area contributed by atoms with Crippen molar-refractivity contribution in [2.24, 2.45) is 0 Å². The molecule has 5 heteroatoms. The molecule has 2 rings (SSSR count). The van der Waals surface area contributed by atoms with E-state index in [0.717, 1.165) is 24.8 Å². The number of carbonyl (C=O) groups excluding carboxylic acids is 1. The number of aliphatic hydroxyl groups is 2. The normalized spacial score (nSPS) is 19.0. The predicted molar refractivity (Wildman–Crippen MR) is 80.4 cm³/mol. The molecular formula is C16H24N2O3. The van der Waals surface area contributed by atoms with Crippen molar-refractivity contribution in [3.8, 4) is 0 Å². The molecule has 1 aromatic rings. The van der Waals surface area contributed by atoms with E-state index in [2.05, 4.69) is 10.6 Å². The highest BCUT2D eigenvalue weighted by Crippen LogP contribution is 2.29. The highest BCUT2D eigenvalue weighted by Gasteiger charge is 2.39. The first-order valence-electron chi connectivity index (χ1n) is 7.54. The third-order valence-corrected chi connectivity index (χ3v) is 4.25. The molecular weight excluding hydrogens is 268 g/mol. The molecule has 1 amide bonds. The van der Waals surface area contributed by atoms with Gasteiger partial charge in [0.1, 0.15) is 0 Å². The van der Waals surface area contributed by atoms with Gasteiger partial charge in [-0.2, -0.15) is 0 Å². The van der Waals surface area contributed by atoms with Crippen molar-refractivity contribution in [1.82, 2.24) is 10.6 Å². The van der Waals surface area contributed by atoms with Crippen molar-refractivity contribution >= 4 is 5.91 Å². The van der Waals surface area contributed by atoms with Gasteiger partial charge in [0, 0.05) is 0 Å². The van der Waals surface area contributed by atoms with Crippen LogP contribution in [0.4, 0.5) is 0 Å². The molecule has 4 N–H and O–H groups in total. The first-order valence-corrected chi connectivity index (χ1v) is 7.54. The minimum atomic E-state index is -0.713. The van der Waals surface area contributed by atoms with Crippen molar-refractivity contribution in [3.05, 3.63) is 35.9 Å². The third kappa shape index (κ3) is 3.81. The topological polar surface area (TPSA) is 81.6 Å². The summed E-state index contributed by atoms with van der Waals surface area (Å²) >= 11 is 0. The van der Waals surface area contributed by atoms with Crippen molar-refractivity contribution in [3.63, 3.8) is 0 Å². The molecule has 0 aliphatic heterocycles. The molecule has 0 bridgehead atoms. The van der Waals surface area contributed by atoms with Gasteiger partial charge < -0.3 is 15.5 Å². The Morgan fingerprint density at radius 1 is 1.14 bits per heavy atom. The summed E-state index contributed by atoms with van der Waals surface area (Å²) in [5, 5.41) is 24.6. The molecule has 21 heavy (non-hydrogen) atoms. The average molecular weight is 292 g/mol. The molecule has 0 radical (unpaired) electrons. The summed E-state index contributed by atoms with van der Waals surface area (Å²) in [4.78, 5) is 12.7. The summed E-state index contributed by atoms with van der Waals surface area (Å²) in [5.41, 5.74) is 0.165. The van der Waals surface area contributed by atoms with Crippen LogP contribution in [0.15, 0.2) is 30.3 Å². The van der Waals surface area contributed by atoms with Gasteiger partial charge in [-0.3, -0.25) is 10.1 Å². The van der Waals surface area contributed by atoms with Crippen LogP contribution in [-0.2, 0) is 4.79 Å². The van der Waals surface area contributed by atoms with Crippen LogP contribution in [0.25, 0.3) is 0 Å². The van der Waals surface area contributed by atoms with E-state index < -0.39 is 11.6 Å². The highest BCUT2D eigenvalue weighted by atomic mass is 16.3. The highest BCUT2D eigenvalue weighted by molar-refractivity contribution is 5.86. The Kier molecular flexibility index (Phi) is 5.73. The van der Waals surface area contributed by atoms with E-state index in [4.69, 9.17) is 0 Å². The lowest BCUT2D eigenvalue weighted by Crippen LogP contribution is -2.58. The molecule has 1 fully saturated rings. The summed E-state index contributed by atoms with van der Waals surface area (Å²) in [6.07, 6.45) is 4.48. The van der Waals surface area contributed by atoms with E-state index in [1.165, 1.54) is 0 Å². The summed E-state index contributed by atoms with van der Waals surface area (Å²) < 4.78 is 0. The minimum Gasteiger partial charge on any atom is -0.394 e. The number of rotatable bonds is 6. The van der Waals surface area contributed by atoms with Gasteiger partial charge in [-0.1, -0.05) is 49.6 Å². The number of carbonyl (C=O) groups is 1. The number of amides is 1. The molecule has 0 heterocycles. The molecule has 1 saturated carbocycles. The van der Waals surface area contributed by atoms with Gasteiger partial charge in [-0.15, -0.1) is 0 Å². The maximum absolute atomic E-state index is 12.7. The zero-order valence-corrected chi connectivity index (χ0v) is 12.2. The molecule has 1 atom stereocenters. The Labute approximate surface area is 125 Å². The fourth-order valence-electron chi connectivity index (χ4n) is 3.01. The van der Waals surface area contributed by atoms with E-state index in [9.17, 15) is 15.0 Å². The van der Waals surface area contributed by atoms with E-state index >= 15 is 0 Å². The van der Waals surface area contributed by atoms with Crippen molar-refractivity contribution in [2.75, 3.05) is 13.3 Å². The van der Waals surface area contributed by atoms with E-state index in [-0.39, 0.29) is 19.2 Å². The maximum Gasteiger partial charge on any atom is 0.240 e. The van der Waals surface area contributed by atoms with Crippen molar-refractivity contribution in [1.29, 1.82) is 0 Å². The molecule has 0 saturated heterocycles. The number of hydrogen-bond acceptors (Lipinski definition) is 4. The van der Waals surface area contributed by atoms with Gasteiger partial charge in [-0.05, 0) is 18.4 Å². The van der Waals surface area contributed by atoms with Crippen LogP contribution in [0.3, 0.4) is 0 Å². The van der Waals surface area contributed by atoms with Crippen LogP contribution in [-0.4, -0.2) is 35.0 Å². The molecule has 116 valence electrons. The Morgan fingerprint density at radius 2 is 1.81 bits per heavy atom. The third-order valence-electron chi connectivity index (χ3n) is 4.25. The lowest BCUT2D eigenvalue weighted by molar-refractivity contribution is -0.131. The molecule has 0 aromatic heterocycles. The number of benzene rings is 1. The quantitative estimate of drug-likeness (QED) is 0.591. The molecule has 0 spiro atoms. The maximum atomic E-state index is 12.7. The number of aliphatic hydroxyl groups excluding tert-OH is 2. The summed E-state index contributed by atoms with van der Waals surface area (Å²) in [5.74, 6) is -0.140. The Bertz CT molecular complexity index is 439. The van der Waals surface area contributed by atoms with Crippen LogP contribution < -0.4 is 10.6 Å². The Balaban J connectivity index is 2.10. The fourth-order valence-corrected chi connectivity index (χ4v) is 3.01. The molecule has 1 aliphatic rings. The lowest BCUT2D eigenvalue weighted by atomic mass is 9.80. The van der Waals surface area contributed by atoms with Crippen LogP contribution in [0.1, 0.15) is 43.7 Å². The lowest BCUT2D eigenvalue weighted by Gasteiger charge is -2.37. The summed E-state index contributed by atoms with van der Waals surface area (Å²) in [7, 11) is 0. The SMILES string of the molecule is O=C(N[C@H](CO)c1ccccc1)C1(NCO)CCCCC1. The van der Waals surface area contributed by atoms with E-state index in [1.54, 1.807) is 0 Å². The van der Waals surface area contributed by atoms with Gasteiger partial charge in [-0.25, -0.2) is 0 Å². The van der Waals surface area contributed by atoms with Gasteiger partial charge >= 0.3 is 0 Å². The number of hydrogen-bond donors (Lipinski definition) is 4. The zero-order chi connectivity index (χ0) is 15.1. The summed E-state index contributed by atoms with van der Waals surface area (Å²) in [6.45, 7) is -0.368. The van der Waals surface area contributed by atoms with Gasteiger partial charge in [0.05, 0.1) is 24.9 Å². The summed E-state index contributed by atoms with van der Waals surface area (Å²) in [6, 6.07) is 9.01. The van der Waals surface area contributed by atoms with Crippen molar-refractivity contribution < 1.29 is 15.0 Å². The number of nitrogens with one attached hydrogen (secondary N) is 2. The van der Waals surface area contributed by atoms with Gasteiger partial charge in [0.2, 0.25) is 5.91 Å².